The molecule has 3 fully saturated rings. The number of carbonyl (C=O) groups is 1. The Morgan fingerprint density at radius 2 is 2.00 bits per heavy atom. The van der Waals surface area contributed by atoms with Crippen LogP contribution in [0.1, 0.15) is 44.9 Å². The summed E-state index contributed by atoms with van der Waals surface area (Å²) in [5, 5.41) is 0. The van der Waals surface area contributed by atoms with Gasteiger partial charge in [0.25, 0.3) is 0 Å². The van der Waals surface area contributed by atoms with Crippen molar-refractivity contribution in [3.63, 3.8) is 0 Å². The summed E-state index contributed by atoms with van der Waals surface area (Å²) in [7, 11) is 0. The van der Waals surface area contributed by atoms with Crippen LogP contribution in [0.4, 0.5) is 11.8 Å². The fourth-order valence-electron chi connectivity index (χ4n) is 4.60. The third-order valence-corrected chi connectivity index (χ3v) is 5.84. The van der Waals surface area contributed by atoms with E-state index in [1.54, 1.807) is 12.3 Å². The zero-order valence-corrected chi connectivity index (χ0v) is 13.6. The SMILES string of the molecule is Nc1ccnc(N2CC[C@]3(CCCN(C4CCCC4)C3=O)C2)n1. The number of likely N-dealkylation sites (tertiary alicyclic amines) is 1. The van der Waals surface area contributed by atoms with Crippen LogP contribution in [0.15, 0.2) is 12.3 Å². The van der Waals surface area contributed by atoms with E-state index >= 15 is 0 Å². The Labute approximate surface area is 137 Å². The summed E-state index contributed by atoms with van der Waals surface area (Å²) in [6.07, 6.45) is 9.62. The molecule has 3 heterocycles. The first-order valence-corrected chi connectivity index (χ1v) is 8.83. The summed E-state index contributed by atoms with van der Waals surface area (Å²) in [6.45, 7) is 2.52. The van der Waals surface area contributed by atoms with E-state index in [0.29, 0.717) is 23.7 Å². The van der Waals surface area contributed by atoms with Crippen molar-refractivity contribution in [1.29, 1.82) is 0 Å². The van der Waals surface area contributed by atoms with E-state index in [9.17, 15) is 4.79 Å². The van der Waals surface area contributed by atoms with Crippen LogP contribution in [-0.4, -0.2) is 46.5 Å². The molecular weight excluding hydrogens is 290 g/mol. The fourth-order valence-corrected chi connectivity index (χ4v) is 4.60. The van der Waals surface area contributed by atoms with E-state index in [-0.39, 0.29) is 5.41 Å². The van der Waals surface area contributed by atoms with Crippen molar-refractivity contribution in [2.45, 2.75) is 51.0 Å². The Morgan fingerprint density at radius 1 is 1.17 bits per heavy atom. The van der Waals surface area contributed by atoms with Crippen LogP contribution < -0.4 is 10.6 Å². The van der Waals surface area contributed by atoms with Gasteiger partial charge in [-0.05, 0) is 38.2 Å². The number of hydrogen-bond donors (Lipinski definition) is 1. The Kier molecular flexibility index (Phi) is 3.62. The van der Waals surface area contributed by atoms with Gasteiger partial charge in [-0.15, -0.1) is 0 Å². The molecule has 1 atom stereocenters. The van der Waals surface area contributed by atoms with Gasteiger partial charge in [-0.3, -0.25) is 4.79 Å². The highest BCUT2D eigenvalue weighted by Gasteiger charge is 2.50. The van der Waals surface area contributed by atoms with Crippen LogP contribution >= 0.6 is 0 Å². The van der Waals surface area contributed by atoms with E-state index in [1.807, 2.05) is 0 Å². The van der Waals surface area contributed by atoms with Crippen LogP contribution in [0, 0.1) is 5.41 Å². The van der Waals surface area contributed by atoms with E-state index in [0.717, 1.165) is 38.9 Å². The van der Waals surface area contributed by atoms with Crippen LogP contribution in [0.5, 0.6) is 0 Å². The molecule has 2 aliphatic heterocycles. The van der Waals surface area contributed by atoms with E-state index in [2.05, 4.69) is 19.8 Å². The molecule has 1 spiro atoms. The number of nitrogen functional groups attached to an aromatic ring is 1. The molecule has 2 N–H and O–H groups in total. The summed E-state index contributed by atoms with van der Waals surface area (Å²) in [6, 6.07) is 2.18. The maximum atomic E-state index is 13.2. The maximum absolute atomic E-state index is 13.2. The summed E-state index contributed by atoms with van der Waals surface area (Å²) in [4.78, 5) is 26.2. The highest BCUT2D eigenvalue weighted by atomic mass is 16.2. The molecule has 0 radical (unpaired) electrons. The van der Waals surface area contributed by atoms with Gasteiger partial charge in [-0.2, -0.15) is 4.98 Å². The number of aromatic nitrogens is 2. The molecule has 1 aliphatic carbocycles. The third kappa shape index (κ3) is 2.54. The molecule has 0 aromatic carbocycles. The number of piperidine rings is 1. The standard InChI is InChI=1S/C17H25N5O/c18-14-6-9-19-16(20-14)21-11-8-17(12-21)7-3-10-22(15(17)23)13-4-1-2-5-13/h6,9,13H,1-5,7-8,10-12H2,(H2,18,19,20)/t17-/m1/s1. The molecule has 124 valence electrons. The molecule has 0 unspecified atom stereocenters. The van der Waals surface area contributed by atoms with Crippen LogP contribution in [-0.2, 0) is 4.79 Å². The first kappa shape index (κ1) is 14.7. The number of rotatable bonds is 2. The Hall–Kier alpha value is -1.85. The van der Waals surface area contributed by atoms with Gasteiger partial charge in [0.15, 0.2) is 0 Å². The van der Waals surface area contributed by atoms with Crippen molar-refractivity contribution in [2.24, 2.45) is 5.41 Å². The lowest BCUT2D eigenvalue weighted by Gasteiger charge is -2.42. The quantitative estimate of drug-likeness (QED) is 0.901. The lowest BCUT2D eigenvalue weighted by Crippen LogP contribution is -2.53. The van der Waals surface area contributed by atoms with Gasteiger partial charge < -0.3 is 15.5 Å². The topological polar surface area (TPSA) is 75.3 Å². The number of carbonyl (C=O) groups excluding carboxylic acids is 1. The average molecular weight is 315 g/mol. The molecule has 1 saturated carbocycles. The average Bonchev–Trinajstić information content (AvgIpc) is 3.21. The molecule has 3 aliphatic rings. The minimum absolute atomic E-state index is 0.227. The second-order valence-electron chi connectivity index (χ2n) is 7.27. The first-order valence-electron chi connectivity index (χ1n) is 8.83. The second kappa shape index (κ2) is 5.65. The summed E-state index contributed by atoms with van der Waals surface area (Å²) < 4.78 is 0. The number of nitrogens with zero attached hydrogens (tertiary/aromatic N) is 4. The highest BCUT2D eigenvalue weighted by molar-refractivity contribution is 5.85. The molecule has 6 heteroatoms. The molecule has 23 heavy (non-hydrogen) atoms. The highest BCUT2D eigenvalue weighted by Crippen LogP contribution is 2.42. The van der Waals surface area contributed by atoms with Gasteiger partial charge >= 0.3 is 0 Å². The minimum Gasteiger partial charge on any atom is -0.384 e. The first-order chi connectivity index (χ1) is 11.2. The van der Waals surface area contributed by atoms with Gasteiger partial charge in [0.2, 0.25) is 11.9 Å². The summed E-state index contributed by atoms with van der Waals surface area (Å²) in [5.74, 6) is 1.52. The molecule has 1 aromatic rings. The van der Waals surface area contributed by atoms with Gasteiger partial charge in [-0.25, -0.2) is 4.98 Å². The molecule has 2 saturated heterocycles. The number of amides is 1. The molecule has 4 rings (SSSR count). The fraction of sp³-hybridized carbons (Fsp3) is 0.706. The van der Waals surface area contributed by atoms with Crippen LogP contribution in [0.3, 0.4) is 0 Å². The van der Waals surface area contributed by atoms with Gasteiger partial charge in [-0.1, -0.05) is 12.8 Å². The minimum atomic E-state index is -0.227. The predicted octanol–water partition coefficient (Wildman–Crippen LogP) is 1.82. The van der Waals surface area contributed by atoms with Gasteiger partial charge in [0.1, 0.15) is 5.82 Å². The second-order valence-corrected chi connectivity index (χ2v) is 7.27. The zero-order chi connectivity index (χ0) is 15.9. The molecule has 1 aromatic heterocycles. The van der Waals surface area contributed by atoms with Crippen molar-refractivity contribution in [3.05, 3.63) is 12.3 Å². The summed E-state index contributed by atoms with van der Waals surface area (Å²) in [5.41, 5.74) is 5.55. The lowest BCUT2D eigenvalue weighted by molar-refractivity contribution is -0.147. The van der Waals surface area contributed by atoms with E-state index in [4.69, 9.17) is 5.73 Å². The molecule has 1 amide bonds. The predicted molar refractivity (Wildman–Crippen MR) is 88.9 cm³/mol. The number of nitrogens with two attached hydrogens (primary N) is 1. The van der Waals surface area contributed by atoms with E-state index in [1.165, 1.54) is 25.7 Å². The molecule has 0 bridgehead atoms. The molecular formula is C17H25N5O. The summed E-state index contributed by atoms with van der Waals surface area (Å²) >= 11 is 0. The zero-order valence-electron chi connectivity index (χ0n) is 13.6. The normalized spacial score (nSPS) is 29.0. The Balaban J connectivity index is 1.53. The number of anilines is 2. The Morgan fingerprint density at radius 3 is 2.78 bits per heavy atom. The van der Waals surface area contributed by atoms with Crippen LogP contribution in [0.25, 0.3) is 0 Å². The smallest absolute Gasteiger partial charge is 0.230 e. The van der Waals surface area contributed by atoms with Gasteiger partial charge in [0, 0.05) is 31.9 Å². The monoisotopic (exact) mass is 315 g/mol. The Bertz CT molecular complexity index is 600. The van der Waals surface area contributed by atoms with E-state index < -0.39 is 0 Å². The number of hydrogen-bond acceptors (Lipinski definition) is 5. The third-order valence-electron chi connectivity index (χ3n) is 5.84. The molecule has 6 nitrogen and oxygen atoms in total. The van der Waals surface area contributed by atoms with Crippen molar-refractivity contribution < 1.29 is 4.79 Å². The van der Waals surface area contributed by atoms with Crippen molar-refractivity contribution >= 4 is 17.7 Å². The van der Waals surface area contributed by atoms with Crippen molar-refractivity contribution in [2.75, 3.05) is 30.3 Å². The lowest BCUT2D eigenvalue weighted by atomic mass is 9.77. The largest absolute Gasteiger partial charge is 0.384 e. The van der Waals surface area contributed by atoms with Crippen molar-refractivity contribution in [3.8, 4) is 0 Å². The van der Waals surface area contributed by atoms with Crippen molar-refractivity contribution in [1.82, 2.24) is 14.9 Å². The van der Waals surface area contributed by atoms with Gasteiger partial charge in [0.05, 0.1) is 5.41 Å². The van der Waals surface area contributed by atoms with Crippen LogP contribution in [0.2, 0.25) is 0 Å². The maximum Gasteiger partial charge on any atom is 0.230 e.